The molecule has 2 amide bonds. The third-order valence-corrected chi connectivity index (χ3v) is 4.20. The van der Waals surface area contributed by atoms with E-state index in [2.05, 4.69) is 6.92 Å². The average Bonchev–Trinajstić information content (AvgIpc) is 2.72. The highest BCUT2D eigenvalue weighted by molar-refractivity contribution is 8.18. The summed E-state index contributed by atoms with van der Waals surface area (Å²) >= 11 is 1.04. The van der Waals surface area contributed by atoms with Gasteiger partial charge < -0.3 is 0 Å². The van der Waals surface area contributed by atoms with Crippen LogP contribution in [0.1, 0.15) is 37.8 Å². The summed E-state index contributed by atoms with van der Waals surface area (Å²) in [5.74, 6) is -0.159. The molecule has 1 saturated heterocycles. The normalized spacial score (nSPS) is 17.3. The van der Waals surface area contributed by atoms with E-state index in [1.54, 1.807) is 6.08 Å². The molecule has 106 valence electrons. The maximum atomic E-state index is 12.2. The summed E-state index contributed by atoms with van der Waals surface area (Å²) < 4.78 is 0. The van der Waals surface area contributed by atoms with Gasteiger partial charge in [0.15, 0.2) is 0 Å². The summed E-state index contributed by atoms with van der Waals surface area (Å²) in [5.41, 5.74) is 2.22. The Kier molecular flexibility index (Phi) is 5.01. The van der Waals surface area contributed by atoms with Crippen molar-refractivity contribution in [3.63, 3.8) is 0 Å². The molecule has 0 N–H and O–H groups in total. The first-order chi connectivity index (χ1) is 9.65. The second kappa shape index (κ2) is 6.75. The van der Waals surface area contributed by atoms with Crippen molar-refractivity contribution in [3.05, 3.63) is 40.3 Å². The SMILES string of the molecule is CCCCN1C(=O)S/C(=C\c2ccc(CC)cc2)C1=O. The molecule has 0 bridgehead atoms. The minimum absolute atomic E-state index is 0.153. The number of amides is 2. The van der Waals surface area contributed by atoms with Crippen LogP contribution in [0.25, 0.3) is 6.08 Å². The Morgan fingerprint density at radius 1 is 1.15 bits per heavy atom. The van der Waals surface area contributed by atoms with Gasteiger partial charge in [-0.3, -0.25) is 14.5 Å². The molecule has 1 aromatic carbocycles. The number of benzene rings is 1. The Bertz CT molecular complexity index is 534. The zero-order valence-electron chi connectivity index (χ0n) is 11.9. The number of unbranched alkanes of at least 4 members (excludes halogenated alkanes) is 1. The van der Waals surface area contributed by atoms with Gasteiger partial charge in [-0.2, -0.15) is 0 Å². The quantitative estimate of drug-likeness (QED) is 0.766. The Morgan fingerprint density at radius 3 is 2.45 bits per heavy atom. The molecule has 0 aromatic heterocycles. The van der Waals surface area contributed by atoms with Crippen LogP contribution in [0, 0.1) is 0 Å². The van der Waals surface area contributed by atoms with Crippen LogP contribution in [-0.4, -0.2) is 22.6 Å². The second-order valence-corrected chi connectivity index (χ2v) is 5.78. The van der Waals surface area contributed by atoms with Gasteiger partial charge in [0.25, 0.3) is 11.1 Å². The van der Waals surface area contributed by atoms with Crippen LogP contribution in [-0.2, 0) is 11.2 Å². The zero-order valence-corrected chi connectivity index (χ0v) is 12.7. The molecule has 1 aliphatic rings. The van der Waals surface area contributed by atoms with Gasteiger partial charge in [-0.15, -0.1) is 0 Å². The van der Waals surface area contributed by atoms with Crippen molar-refractivity contribution >= 4 is 29.0 Å². The zero-order chi connectivity index (χ0) is 14.5. The summed E-state index contributed by atoms with van der Waals surface area (Å²) in [6, 6.07) is 8.07. The van der Waals surface area contributed by atoms with Crippen LogP contribution in [0.15, 0.2) is 29.2 Å². The topological polar surface area (TPSA) is 37.4 Å². The van der Waals surface area contributed by atoms with E-state index in [1.807, 2.05) is 31.2 Å². The van der Waals surface area contributed by atoms with Crippen LogP contribution < -0.4 is 0 Å². The second-order valence-electron chi connectivity index (χ2n) is 4.78. The van der Waals surface area contributed by atoms with E-state index in [1.165, 1.54) is 10.5 Å². The van der Waals surface area contributed by atoms with E-state index in [0.717, 1.165) is 36.6 Å². The molecule has 0 atom stereocenters. The standard InChI is InChI=1S/C16H19NO2S/c1-3-5-10-17-15(18)14(20-16(17)19)11-13-8-6-12(4-2)7-9-13/h6-9,11H,3-5,10H2,1-2H3/b14-11-. The minimum atomic E-state index is -0.159. The summed E-state index contributed by atoms with van der Waals surface area (Å²) in [6.45, 7) is 4.67. The summed E-state index contributed by atoms with van der Waals surface area (Å²) in [5, 5.41) is -0.153. The molecule has 0 aliphatic carbocycles. The Morgan fingerprint density at radius 2 is 1.85 bits per heavy atom. The maximum absolute atomic E-state index is 12.2. The molecule has 1 aromatic rings. The molecule has 2 rings (SSSR count). The highest BCUT2D eigenvalue weighted by atomic mass is 32.2. The number of hydrogen-bond acceptors (Lipinski definition) is 3. The third kappa shape index (κ3) is 3.31. The molecule has 3 nitrogen and oxygen atoms in total. The van der Waals surface area contributed by atoms with Crippen LogP contribution in [0.4, 0.5) is 4.79 Å². The van der Waals surface area contributed by atoms with Crippen LogP contribution in [0.5, 0.6) is 0 Å². The number of aryl methyl sites for hydroxylation is 1. The van der Waals surface area contributed by atoms with Crippen molar-refractivity contribution in [2.24, 2.45) is 0 Å². The molecule has 4 heteroatoms. The molecular formula is C16H19NO2S. The first-order valence-corrected chi connectivity index (χ1v) is 7.81. The number of carbonyl (C=O) groups is 2. The van der Waals surface area contributed by atoms with Gasteiger partial charge >= 0.3 is 0 Å². The number of thioether (sulfide) groups is 1. The summed E-state index contributed by atoms with van der Waals surface area (Å²) in [6.07, 6.45) is 4.62. The lowest BCUT2D eigenvalue weighted by Gasteiger charge is -2.10. The molecule has 1 aliphatic heterocycles. The van der Waals surface area contributed by atoms with Crippen molar-refractivity contribution in [2.45, 2.75) is 33.1 Å². The van der Waals surface area contributed by atoms with E-state index in [0.29, 0.717) is 11.4 Å². The lowest BCUT2D eigenvalue weighted by molar-refractivity contribution is -0.122. The monoisotopic (exact) mass is 289 g/mol. The van der Waals surface area contributed by atoms with Gasteiger partial charge in [0.05, 0.1) is 4.91 Å². The fraction of sp³-hybridized carbons (Fsp3) is 0.375. The number of nitrogens with zero attached hydrogens (tertiary/aromatic N) is 1. The summed E-state index contributed by atoms with van der Waals surface area (Å²) in [4.78, 5) is 25.9. The van der Waals surface area contributed by atoms with Crippen LogP contribution in [0.2, 0.25) is 0 Å². The highest BCUT2D eigenvalue weighted by Gasteiger charge is 2.34. The molecule has 1 heterocycles. The summed E-state index contributed by atoms with van der Waals surface area (Å²) in [7, 11) is 0. The Labute approximate surface area is 124 Å². The largest absolute Gasteiger partial charge is 0.293 e. The number of rotatable bonds is 5. The Hall–Kier alpha value is -1.55. The molecule has 0 saturated carbocycles. The van der Waals surface area contributed by atoms with Crippen LogP contribution >= 0.6 is 11.8 Å². The van der Waals surface area contributed by atoms with Crippen molar-refractivity contribution in [3.8, 4) is 0 Å². The van der Waals surface area contributed by atoms with E-state index >= 15 is 0 Å². The van der Waals surface area contributed by atoms with Gasteiger partial charge in [0.2, 0.25) is 0 Å². The van der Waals surface area contributed by atoms with Gasteiger partial charge in [-0.25, -0.2) is 0 Å². The van der Waals surface area contributed by atoms with Crippen LogP contribution in [0.3, 0.4) is 0 Å². The fourth-order valence-corrected chi connectivity index (χ4v) is 2.87. The molecular weight excluding hydrogens is 270 g/mol. The van der Waals surface area contributed by atoms with Gasteiger partial charge in [-0.05, 0) is 41.8 Å². The van der Waals surface area contributed by atoms with Crippen molar-refractivity contribution in [2.75, 3.05) is 6.54 Å². The lowest BCUT2D eigenvalue weighted by Crippen LogP contribution is -2.29. The van der Waals surface area contributed by atoms with Gasteiger partial charge in [0, 0.05) is 6.54 Å². The van der Waals surface area contributed by atoms with Crippen molar-refractivity contribution in [1.29, 1.82) is 0 Å². The first-order valence-electron chi connectivity index (χ1n) is 7.00. The fourth-order valence-electron chi connectivity index (χ4n) is 2.01. The predicted octanol–water partition coefficient (Wildman–Crippen LogP) is 4.09. The number of imide groups is 1. The van der Waals surface area contributed by atoms with Crippen molar-refractivity contribution in [1.82, 2.24) is 4.90 Å². The van der Waals surface area contributed by atoms with E-state index in [-0.39, 0.29) is 11.1 Å². The van der Waals surface area contributed by atoms with Gasteiger partial charge in [0.1, 0.15) is 0 Å². The third-order valence-electron chi connectivity index (χ3n) is 3.29. The molecule has 0 radical (unpaired) electrons. The molecule has 0 unspecified atom stereocenters. The predicted molar refractivity (Wildman–Crippen MR) is 83.4 cm³/mol. The first kappa shape index (κ1) is 14.9. The van der Waals surface area contributed by atoms with E-state index in [9.17, 15) is 9.59 Å². The van der Waals surface area contributed by atoms with E-state index in [4.69, 9.17) is 0 Å². The smallest absolute Gasteiger partial charge is 0.268 e. The van der Waals surface area contributed by atoms with Gasteiger partial charge in [-0.1, -0.05) is 44.5 Å². The average molecular weight is 289 g/mol. The van der Waals surface area contributed by atoms with Crippen molar-refractivity contribution < 1.29 is 9.59 Å². The highest BCUT2D eigenvalue weighted by Crippen LogP contribution is 2.32. The van der Waals surface area contributed by atoms with E-state index < -0.39 is 0 Å². The minimum Gasteiger partial charge on any atom is -0.268 e. The lowest BCUT2D eigenvalue weighted by atomic mass is 10.1. The number of hydrogen-bond donors (Lipinski definition) is 0. The molecule has 0 spiro atoms. The Balaban J connectivity index is 2.14. The molecule has 20 heavy (non-hydrogen) atoms. The maximum Gasteiger partial charge on any atom is 0.293 e. The number of carbonyl (C=O) groups excluding carboxylic acids is 2. The molecule has 1 fully saturated rings.